The number of nitrogens with one attached hydrogen (secondary N) is 1. The first kappa shape index (κ1) is 19.0. The van der Waals surface area contributed by atoms with Gasteiger partial charge in [-0.25, -0.2) is 4.68 Å². The van der Waals surface area contributed by atoms with Crippen molar-refractivity contribution in [2.75, 3.05) is 5.32 Å². The summed E-state index contributed by atoms with van der Waals surface area (Å²) >= 11 is 0. The van der Waals surface area contributed by atoms with Gasteiger partial charge in [0.1, 0.15) is 18.0 Å². The Morgan fingerprint density at radius 3 is 2.82 bits per heavy atom. The Morgan fingerprint density at radius 2 is 2.14 bits per heavy atom. The van der Waals surface area contributed by atoms with Gasteiger partial charge >= 0.3 is 0 Å². The van der Waals surface area contributed by atoms with Crippen LogP contribution in [0.3, 0.4) is 0 Å². The molecule has 142 valence electrons. The molecule has 1 amide bonds. The first-order valence-corrected chi connectivity index (χ1v) is 8.96. The molecule has 0 saturated carbocycles. The number of hydrogen-bond donors (Lipinski definition) is 1. The average molecular weight is 375 g/mol. The van der Waals surface area contributed by atoms with E-state index in [1.807, 2.05) is 32.0 Å². The summed E-state index contributed by atoms with van der Waals surface area (Å²) in [6.07, 6.45) is 4.12. The lowest BCUT2D eigenvalue weighted by atomic mass is 10.1. The van der Waals surface area contributed by atoms with Crippen molar-refractivity contribution in [3.63, 3.8) is 0 Å². The van der Waals surface area contributed by atoms with E-state index in [1.54, 1.807) is 24.3 Å². The molecule has 0 aliphatic carbocycles. The van der Waals surface area contributed by atoms with E-state index >= 15 is 0 Å². The molecule has 0 unspecified atom stereocenters. The Balaban J connectivity index is 1.83. The van der Waals surface area contributed by atoms with Crippen molar-refractivity contribution in [3.05, 3.63) is 59.2 Å². The van der Waals surface area contributed by atoms with Crippen molar-refractivity contribution in [1.29, 1.82) is 5.26 Å². The van der Waals surface area contributed by atoms with Crippen molar-refractivity contribution in [1.82, 2.24) is 24.8 Å². The fourth-order valence-electron chi connectivity index (χ4n) is 3.05. The number of carbonyl (C=O) groups is 1. The monoisotopic (exact) mass is 375 g/mol. The van der Waals surface area contributed by atoms with Crippen LogP contribution in [-0.4, -0.2) is 30.7 Å². The molecule has 0 fully saturated rings. The molecule has 8 heteroatoms. The molecule has 0 radical (unpaired) electrons. The lowest BCUT2D eigenvalue weighted by Gasteiger charge is -2.08. The molecule has 2 aromatic heterocycles. The van der Waals surface area contributed by atoms with Crippen LogP contribution < -0.4 is 5.32 Å². The highest BCUT2D eigenvalue weighted by Gasteiger charge is 2.13. The summed E-state index contributed by atoms with van der Waals surface area (Å²) in [5.41, 5.74) is 4.33. The second-order valence-corrected chi connectivity index (χ2v) is 6.41. The second-order valence-electron chi connectivity index (χ2n) is 6.41. The molecule has 0 bridgehead atoms. The van der Waals surface area contributed by atoms with Crippen LogP contribution in [0.1, 0.15) is 30.3 Å². The van der Waals surface area contributed by atoms with Crippen LogP contribution in [-0.2, 0) is 11.3 Å². The van der Waals surface area contributed by atoms with Crippen molar-refractivity contribution in [2.24, 2.45) is 0 Å². The number of tetrazole rings is 1. The van der Waals surface area contributed by atoms with E-state index in [0.29, 0.717) is 11.4 Å². The third-order valence-electron chi connectivity index (χ3n) is 4.44. The summed E-state index contributed by atoms with van der Waals surface area (Å²) in [6, 6.07) is 11.1. The maximum atomic E-state index is 12.6. The van der Waals surface area contributed by atoms with E-state index in [0.717, 1.165) is 29.9 Å². The van der Waals surface area contributed by atoms with Crippen LogP contribution >= 0.6 is 0 Å². The molecule has 3 aromatic rings. The van der Waals surface area contributed by atoms with Crippen LogP contribution in [0.2, 0.25) is 0 Å². The zero-order valence-corrected chi connectivity index (χ0v) is 16.0. The second kappa shape index (κ2) is 8.31. The molecular formula is C20H21N7O. The van der Waals surface area contributed by atoms with Crippen molar-refractivity contribution in [2.45, 2.75) is 33.7 Å². The highest BCUT2D eigenvalue weighted by Crippen LogP contribution is 2.20. The normalized spacial score (nSPS) is 11.3. The third kappa shape index (κ3) is 3.99. The number of aryl methyl sites for hydroxylation is 1. The molecule has 1 N–H and O–H groups in total. The van der Waals surface area contributed by atoms with Gasteiger partial charge in [0.25, 0.3) is 5.91 Å². The number of aromatic nitrogens is 5. The van der Waals surface area contributed by atoms with Gasteiger partial charge in [-0.1, -0.05) is 13.0 Å². The van der Waals surface area contributed by atoms with Gasteiger partial charge in [0.05, 0.1) is 5.69 Å². The minimum atomic E-state index is -0.461. The van der Waals surface area contributed by atoms with Gasteiger partial charge in [-0.05, 0) is 66.6 Å². The van der Waals surface area contributed by atoms with Crippen LogP contribution in [0, 0.1) is 25.2 Å². The predicted molar refractivity (Wildman–Crippen MR) is 106 cm³/mol. The number of benzene rings is 1. The Bertz CT molecular complexity index is 1050. The van der Waals surface area contributed by atoms with E-state index in [4.69, 9.17) is 0 Å². The number of hydrogen-bond acceptors (Lipinski definition) is 5. The molecule has 0 spiro atoms. The molecule has 0 aliphatic rings. The minimum Gasteiger partial charge on any atom is -0.349 e. The first-order chi connectivity index (χ1) is 13.5. The molecule has 0 aliphatic heterocycles. The van der Waals surface area contributed by atoms with Crippen LogP contribution in [0.15, 0.2) is 42.2 Å². The van der Waals surface area contributed by atoms with Crippen LogP contribution in [0.5, 0.6) is 0 Å². The molecule has 2 heterocycles. The molecule has 0 saturated heterocycles. The minimum absolute atomic E-state index is 0.0459. The highest BCUT2D eigenvalue weighted by molar-refractivity contribution is 6.09. The number of rotatable bonds is 6. The zero-order chi connectivity index (χ0) is 20.1. The summed E-state index contributed by atoms with van der Waals surface area (Å²) in [4.78, 5) is 12.6. The molecular weight excluding hydrogens is 354 g/mol. The fraction of sp³-hybridized carbons (Fsp3) is 0.250. The van der Waals surface area contributed by atoms with Crippen LogP contribution in [0.25, 0.3) is 11.8 Å². The first-order valence-electron chi connectivity index (χ1n) is 8.96. The molecule has 3 rings (SSSR count). The Hall–Kier alpha value is -3.73. The maximum Gasteiger partial charge on any atom is 0.266 e. The molecule has 8 nitrogen and oxygen atoms in total. The molecule has 1 aromatic carbocycles. The highest BCUT2D eigenvalue weighted by atomic mass is 16.1. The summed E-state index contributed by atoms with van der Waals surface area (Å²) in [6.45, 7) is 7.04. The summed E-state index contributed by atoms with van der Waals surface area (Å²) in [7, 11) is 0. The fourth-order valence-corrected chi connectivity index (χ4v) is 3.05. The Labute approximate surface area is 163 Å². The summed E-state index contributed by atoms with van der Waals surface area (Å²) in [5, 5.41) is 23.3. The number of nitrogens with zero attached hydrogens (tertiary/aromatic N) is 6. The largest absolute Gasteiger partial charge is 0.349 e. The summed E-state index contributed by atoms with van der Waals surface area (Å²) in [5.74, 6) is -0.461. The van der Waals surface area contributed by atoms with Gasteiger partial charge < -0.3 is 9.88 Å². The quantitative estimate of drug-likeness (QED) is 0.527. The maximum absolute atomic E-state index is 12.6. The van der Waals surface area contributed by atoms with E-state index in [9.17, 15) is 10.1 Å². The summed E-state index contributed by atoms with van der Waals surface area (Å²) < 4.78 is 3.67. The number of amides is 1. The van der Waals surface area contributed by atoms with Crippen molar-refractivity contribution < 1.29 is 4.79 Å². The van der Waals surface area contributed by atoms with E-state index < -0.39 is 5.91 Å². The van der Waals surface area contributed by atoms with Gasteiger partial charge in [-0.2, -0.15) is 5.26 Å². The SMILES string of the molecule is CCCn1c(C)cc(/C=C(\C#N)C(=O)Nc2cccc(-n3cnnn3)c2)c1C. The number of carbonyl (C=O) groups excluding carboxylic acids is 1. The Morgan fingerprint density at radius 1 is 1.32 bits per heavy atom. The molecule has 0 atom stereocenters. The predicted octanol–water partition coefficient (Wildman–Crippen LogP) is 3.04. The number of anilines is 1. The van der Waals surface area contributed by atoms with Gasteiger partial charge in [0.2, 0.25) is 0 Å². The smallest absolute Gasteiger partial charge is 0.266 e. The van der Waals surface area contributed by atoms with Gasteiger partial charge in [-0.15, -0.1) is 5.10 Å². The van der Waals surface area contributed by atoms with E-state index in [-0.39, 0.29) is 5.57 Å². The van der Waals surface area contributed by atoms with E-state index in [2.05, 4.69) is 32.3 Å². The standard InChI is InChI=1S/C20H21N7O/c1-4-8-26-14(2)9-16(15(26)3)10-17(12-21)20(28)23-18-6-5-7-19(11-18)27-13-22-24-25-27/h5-7,9-11,13H,4,8H2,1-3H3,(H,23,28)/b17-10+. The lowest BCUT2D eigenvalue weighted by molar-refractivity contribution is -0.112. The van der Waals surface area contributed by atoms with Gasteiger partial charge in [0, 0.05) is 23.6 Å². The molecule has 28 heavy (non-hydrogen) atoms. The van der Waals surface area contributed by atoms with E-state index in [1.165, 1.54) is 11.0 Å². The van der Waals surface area contributed by atoms with Crippen molar-refractivity contribution >= 4 is 17.7 Å². The van der Waals surface area contributed by atoms with Crippen LogP contribution in [0.4, 0.5) is 5.69 Å². The zero-order valence-electron chi connectivity index (χ0n) is 16.0. The van der Waals surface area contributed by atoms with Gasteiger partial charge in [0.15, 0.2) is 0 Å². The third-order valence-corrected chi connectivity index (χ3v) is 4.44. The number of nitriles is 1. The average Bonchev–Trinajstić information content (AvgIpc) is 3.31. The van der Waals surface area contributed by atoms with Gasteiger partial charge in [-0.3, -0.25) is 4.79 Å². The van der Waals surface area contributed by atoms with Crippen molar-refractivity contribution in [3.8, 4) is 11.8 Å². The Kier molecular flexibility index (Phi) is 5.65. The lowest BCUT2D eigenvalue weighted by Crippen LogP contribution is -2.13. The topological polar surface area (TPSA) is 101 Å².